The number of anilines is 1. The number of carboxylic acids is 1. The number of nitrogens with zero attached hydrogens (tertiary/aromatic N) is 2. The zero-order chi connectivity index (χ0) is 18.4. The van der Waals surface area contributed by atoms with E-state index in [9.17, 15) is 14.7 Å². The van der Waals surface area contributed by atoms with Crippen LogP contribution in [0.2, 0.25) is 0 Å². The van der Waals surface area contributed by atoms with Gasteiger partial charge < -0.3 is 10.4 Å². The molecule has 0 aliphatic carbocycles. The lowest BCUT2D eigenvalue weighted by Crippen LogP contribution is -2.35. The molecule has 1 aromatic heterocycles. The highest BCUT2D eigenvalue weighted by molar-refractivity contribution is 5.92. The number of carboxylic acid groups (broad SMARTS) is 1. The smallest absolute Gasteiger partial charge is 0.331 e. The largest absolute Gasteiger partial charge is 0.479 e. The summed E-state index contributed by atoms with van der Waals surface area (Å²) in [4.78, 5) is 23.4. The molecule has 0 saturated carbocycles. The Balaban J connectivity index is 1.94. The summed E-state index contributed by atoms with van der Waals surface area (Å²) in [6.45, 7) is 5.26. The van der Waals surface area contributed by atoms with E-state index >= 15 is 0 Å². The van der Waals surface area contributed by atoms with Crippen molar-refractivity contribution in [2.45, 2.75) is 52.0 Å². The molecule has 0 fully saturated rings. The lowest BCUT2D eigenvalue weighted by molar-refractivity contribution is -0.146. The SMILES string of the molecule is CCCCc1ccc(CC(=O)Nc2cnn(C(C)(C)C(=O)O)c2)cc1. The van der Waals surface area contributed by atoms with Gasteiger partial charge in [0.2, 0.25) is 5.91 Å². The monoisotopic (exact) mass is 343 g/mol. The number of amides is 1. The molecule has 2 rings (SSSR count). The molecular weight excluding hydrogens is 318 g/mol. The first-order valence-electron chi connectivity index (χ1n) is 8.49. The Bertz CT molecular complexity index is 733. The van der Waals surface area contributed by atoms with Gasteiger partial charge in [-0.2, -0.15) is 5.10 Å². The van der Waals surface area contributed by atoms with E-state index in [1.807, 2.05) is 12.1 Å². The Labute approximate surface area is 147 Å². The maximum Gasteiger partial charge on any atom is 0.331 e. The fourth-order valence-corrected chi connectivity index (χ4v) is 2.39. The van der Waals surface area contributed by atoms with Crippen LogP contribution < -0.4 is 5.32 Å². The van der Waals surface area contributed by atoms with E-state index in [1.54, 1.807) is 13.8 Å². The molecule has 0 spiro atoms. The third kappa shape index (κ3) is 4.92. The summed E-state index contributed by atoms with van der Waals surface area (Å²) in [7, 11) is 0. The summed E-state index contributed by atoms with van der Waals surface area (Å²) in [6, 6.07) is 8.07. The quantitative estimate of drug-likeness (QED) is 0.771. The predicted molar refractivity (Wildman–Crippen MR) is 96.6 cm³/mol. The summed E-state index contributed by atoms with van der Waals surface area (Å²) < 4.78 is 1.33. The summed E-state index contributed by atoms with van der Waals surface area (Å²) in [6.07, 6.45) is 6.63. The van der Waals surface area contributed by atoms with Gasteiger partial charge in [0.05, 0.1) is 18.3 Å². The third-order valence-corrected chi connectivity index (χ3v) is 4.17. The van der Waals surface area contributed by atoms with Crippen LogP contribution in [0, 0.1) is 0 Å². The number of nitrogens with one attached hydrogen (secondary N) is 1. The number of carbonyl (C=O) groups is 2. The Kier molecular flexibility index (Phi) is 5.96. The fourth-order valence-electron chi connectivity index (χ4n) is 2.39. The van der Waals surface area contributed by atoms with Crippen LogP contribution in [0.1, 0.15) is 44.7 Å². The number of hydrogen-bond acceptors (Lipinski definition) is 3. The Hall–Kier alpha value is -2.63. The van der Waals surface area contributed by atoms with E-state index < -0.39 is 11.5 Å². The molecule has 1 aromatic carbocycles. The molecule has 0 radical (unpaired) electrons. The van der Waals surface area contributed by atoms with Crippen LogP contribution in [0.5, 0.6) is 0 Å². The Morgan fingerprint density at radius 3 is 2.44 bits per heavy atom. The molecule has 1 heterocycles. The zero-order valence-corrected chi connectivity index (χ0v) is 15.0. The van der Waals surface area contributed by atoms with Gasteiger partial charge in [0.1, 0.15) is 0 Å². The number of aliphatic carboxylic acids is 1. The number of benzene rings is 1. The van der Waals surface area contributed by atoms with E-state index in [2.05, 4.69) is 29.5 Å². The van der Waals surface area contributed by atoms with Crippen LogP contribution in [-0.4, -0.2) is 26.8 Å². The fraction of sp³-hybridized carbons (Fsp3) is 0.421. The number of unbranched alkanes of at least 4 members (excludes halogenated alkanes) is 1. The number of rotatable bonds is 8. The van der Waals surface area contributed by atoms with Gasteiger partial charge >= 0.3 is 5.97 Å². The minimum absolute atomic E-state index is 0.158. The van der Waals surface area contributed by atoms with Gasteiger partial charge in [0.25, 0.3) is 0 Å². The highest BCUT2D eigenvalue weighted by atomic mass is 16.4. The van der Waals surface area contributed by atoms with Gasteiger partial charge in [0.15, 0.2) is 5.54 Å². The average Bonchev–Trinajstić information content (AvgIpc) is 3.03. The van der Waals surface area contributed by atoms with Gasteiger partial charge in [-0.25, -0.2) is 4.79 Å². The van der Waals surface area contributed by atoms with Crippen molar-refractivity contribution in [3.8, 4) is 0 Å². The predicted octanol–water partition coefficient (Wildman–Crippen LogP) is 3.23. The molecule has 0 aliphatic rings. The third-order valence-electron chi connectivity index (χ3n) is 4.17. The molecule has 6 heteroatoms. The summed E-state index contributed by atoms with van der Waals surface area (Å²) in [5.41, 5.74) is 1.54. The number of carbonyl (C=O) groups excluding carboxylic acids is 1. The average molecular weight is 343 g/mol. The van der Waals surface area contributed by atoms with Gasteiger partial charge in [-0.05, 0) is 37.8 Å². The normalized spacial score (nSPS) is 11.3. The van der Waals surface area contributed by atoms with E-state index in [0.717, 1.165) is 24.8 Å². The van der Waals surface area contributed by atoms with Gasteiger partial charge in [0, 0.05) is 6.20 Å². The lowest BCUT2D eigenvalue weighted by atomic mass is 10.0. The van der Waals surface area contributed by atoms with Crippen molar-refractivity contribution in [2.75, 3.05) is 5.32 Å². The summed E-state index contributed by atoms with van der Waals surface area (Å²) >= 11 is 0. The maximum absolute atomic E-state index is 12.2. The van der Waals surface area contributed by atoms with E-state index in [1.165, 1.54) is 22.6 Å². The lowest BCUT2D eigenvalue weighted by Gasteiger charge is -2.19. The van der Waals surface area contributed by atoms with Crippen LogP contribution in [0.3, 0.4) is 0 Å². The first-order chi connectivity index (χ1) is 11.8. The van der Waals surface area contributed by atoms with Gasteiger partial charge in [-0.1, -0.05) is 37.6 Å². The number of hydrogen-bond donors (Lipinski definition) is 2. The minimum Gasteiger partial charge on any atom is -0.479 e. The van der Waals surface area contributed by atoms with E-state index in [-0.39, 0.29) is 12.3 Å². The highest BCUT2D eigenvalue weighted by Crippen LogP contribution is 2.17. The molecule has 1 amide bonds. The Morgan fingerprint density at radius 1 is 1.20 bits per heavy atom. The zero-order valence-electron chi connectivity index (χ0n) is 15.0. The second-order valence-corrected chi connectivity index (χ2v) is 6.68. The van der Waals surface area contributed by atoms with Crippen LogP contribution in [0.25, 0.3) is 0 Å². The first-order valence-corrected chi connectivity index (χ1v) is 8.49. The summed E-state index contributed by atoms with van der Waals surface area (Å²) in [5, 5.41) is 16.0. The van der Waals surface area contributed by atoms with Crippen molar-refractivity contribution in [3.63, 3.8) is 0 Å². The topological polar surface area (TPSA) is 84.2 Å². The van der Waals surface area contributed by atoms with E-state index in [0.29, 0.717) is 5.69 Å². The van der Waals surface area contributed by atoms with Crippen molar-refractivity contribution in [1.29, 1.82) is 0 Å². The number of aryl methyl sites for hydroxylation is 1. The number of aromatic nitrogens is 2. The molecule has 0 bridgehead atoms. The molecule has 0 aliphatic heterocycles. The highest BCUT2D eigenvalue weighted by Gasteiger charge is 2.30. The van der Waals surface area contributed by atoms with Crippen LogP contribution in [0.4, 0.5) is 5.69 Å². The molecule has 6 nitrogen and oxygen atoms in total. The van der Waals surface area contributed by atoms with Gasteiger partial charge in [-0.3, -0.25) is 9.48 Å². The second-order valence-electron chi connectivity index (χ2n) is 6.68. The maximum atomic E-state index is 12.2. The molecular formula is C19H25N3O3. The molecule has 0 unspecified atom stereocenters. The molecule has 134 valence electrons. The second kappa shape index (κ2) is 7.96. The van der Waals surface area contributed by atoms with Crippen LogP contribution in [0.15, 0.2) is 36.7 Å². The van der Waals surface area contributed by atoms with Crippen molar-refractivity contribution in [2.24, 2.45) is 0 Å². The van der Waals surface area contributed by atoms with Crippen molar-refractivity contribution in [1.82, 2.24) is 9.78 Å². The van der Waals surface area contributed by atoms with E-state index in [4.69, 9.17) is 0 Å². The van der Waals surface area contributed by atoms with Crippen molar-refractivity contribution < 1.29 is 14.7 Å². The molecule has 0 atom stereocenters. The van der Waals surface area contributed by atoms with Gasteiger partial charge in [-0.15, -0.1) is 0 Å². The molecule has 2 N–H and O–H groups in total. The molecule has 25 heavy (non-hydrogen) atoms. The minimum atomic E-state index is -1.17. The summed E-state index contributed by atoms with van der Waals surface area (Å²) in [5.74, 6) is -1.15. The Morgan fingerprint density at radius 2 is 1.84 bits per heavy atom. The van der Waals surface area contributed by atoms with Crippen LogP contribution in [-0.2, 0) is 28.0 Å². The van der Waals surface area contributed by atoms with Crippen molar-refractivity contribution in [3.05, 3.63) is 47.8 Å². The molecule has 2 aromatic rings. The molecule has 0 saturated heterocycles. The van der Waals surface area contributed by atoms with Crippen molar-refractivity contribution >= 4 is 17.6 Å². The standard InChI is InChI=1S/C19H25N3O3/c1-4-5-6-14-7-9-15(10-8-14)11-17(23)21-16-12-20-22(13-16)19(2,3)18(24)25/h7-10,12-13H,4-6,11H2,1-3H3,(H,21,23)(H,24,25). The van der Waals surface area contributed by atoms with Crippen LogP contribution >= 0.6 is 0 Å². The first kappa shape index (κ1) is 18.7.